The minimum atomic E-state index is 0.299. The maximum absolute atomic E-state index is 5.68. The van der Waals surface area contributed by atoms with Gasteiger partial charge in [-0.05, 0) is 29.8 Å². The minimum absolute atomic E-state index is 0.299. The fourth-order valence-corrected chi connectivity index (χ4v) is 2.53. The molecule has 0 atom stereocenters. The van der Waals surface area contributed by atoms with Crippen molar-refractivity contribution in [2.75, 3.05) is 13.3 Å². The van der Waals surface area contributed by atoms with Gasteiger partial charge in [-0.2, -0.15) is 0 Å². The molecule has 1 N–H and O–H groups in total. The monoisotopic (exact) mass is 323 g/mol. The molecular weight excluding hydrogens is 306 g/mol. The summed E-state index contributed by atoms with van der Waals surface area (Å²) in [6.45, 7) is 1.80. The SMILES string of the molecule is c1ccc(-c2nnc(CCNCc3ccc4c(c3)OCO4)o2)cc1. The lowest BCUT2D eigenvalue weighted by Gasteiger charge is -2.04. The number of rotatable bonds is 6. The van der Waals surface area contributed by atoms with Crippen molar-refractivity contribution in [2.45, 2.75) is 13.0 Å². The molecule has 4 rings (SSSR count). The van der Waals surface area contributed by atoms with Crippen molar-refractivity contribution in [3.63, 3.8) is 0 Å². The van der Waals surface area contributed by atoms with Gasteiger partial charge in [0.15, 0.2) is 11.5 Å². The van der Waals surface area contributed by atoms with Gasteiger partial charge in [-0.25, -0.2) is 0 Å². The summed E-state index contributed by atoms with van der Waals surface area (Å²) in [6, 6.07) is 15.7. The molecule has 2 heterocycles. The van der Waals surface area contributed by atoms with E-state index in [-0.39, 0.29) is 0 Å². The van der Waals surface area contributed by atoms with Crippen LogP contribution in [0.5, 0.6) is 11.5 Å². The Bertz CT molecular complexity index is 817. The van der Waals surface area contributed by atoms with Crippen molar-refractivity contribution in [1.29, 1.82) is 0 Å². The quantitative estimate of drug-likeness (QED) is 0.704. The zero-order valence-electron chi connectivity index (χ0n) is 13.1. The van der Waals surface area contributed by atoms with E-state index in [2.05, 4.69) is 15.5 Å². The third-order valence-electron chi connectivity index (χ3n) is 3.77. The second kappa shape index (κ2) is 6.72. The molecule has 1 aromatic heterocycles. The molecule has 122 valence electrons. The molecule has 2 aromatic carbocycles. The Morgan fingerprint density at radius 2 is 1.83 bits per heavy atom. The van der Waals surface area contributed by atoms with Crippen molar-refractivity contribution in [3.8, 4) is 23.0 Å². The highest BCUT2D eigenvalue weighted by Crippen LogP contribution is 2.32. The second-order valence-corrected chi connectivity index (χ2v) is 5.48. The zero-order chi connectivity index (χ0) is 16.2. The Kier molecular flexibility index (Phi) is 4.12. The van der Waals surface area contributed by atoms with E-state index in [1.807, 2.05) is 48.5 Å². The van der Waals surface area contributed by atoms with Gasteiger partial charge < -0.3 is 19.2 Å². The van der Waals surface area contributed by atoms with Crippen molar-refractivity contribution < 1.29 is 13.9 Å². The highest BCUT2D eigenvalue weighted by Gasteiger charge is 2.13. The van der Waals surface area contributed by atoms with Crippen LogP contribution >= 0.6 is 0 Å². The molecular formula is C18H17N3O3. The molecule has 0 bridgehead atoms. The number of benzene rings is 2. The molecule has 0 fully saturated rings. The largest absolute Gasteiger partial charge is 0.454 e. The third kappa shape index (κ3) is 3.23. The lowest BCUT2D eigenvalue weighted by Crippen LogP contribution is -2.16. The van der Waals surface area contributed by atoms with E-state index < -0.39 is 0 Å². The van der Waals surface area contributed by atoms with Crippen LogP contribution in [0.25, 0.3) is 11.5 Å². The first-order chi connectivity index (χ1) is 11.9. The zero-order valence-corrected chi connectivity index (χ0v) is 13.1. The fraction of sp³-hybridized carbons (Fsp3) is 0.222. The maximum atomic E-state index is 5.68. The predicted molar refractivity (Wildman–Crippen MR) is 87.7 cm³/mol. The first-order valence-electron chi connectivity index (χ1n) is 7.85. The van der Waals surface area contributed by atoms with E-state index >= 15 is 0 Å². The number of nitrogens with one attached hydrogen (secondary N) is 1. The molecule has 0 amide bonds. The van der Waals surface area contributed by atoms with Gasteiger partial charge in [-0.3, -0.25) is 0 Å². The summed E-state index contributed by atoms with van der Waals surface area (Å²) in [5.74, 6) is 2.80. The molecule has 0 unspecified atom stereocenters. The lowest BCUT2D eigenvalue weighted by atomic mass is 10.2. The number of hydrogen-bond acceptors (Lipinski definition) is 6. The van der Waals surface area contributed by atoms with Crippen LogP contribution < -0.4 is 14.8 Å². The molecule has 1 aliphatic rings. The fourth-order valence-electron chi connectivity index (χ4n) is 2.53. The van der Waals surface area contributed by atoms with Crippen LogP contribution in [-0.4, -0.2) is 23.5 Å². The second-order valence-electron chi connectivity index (χ2n) is 5.48. The predicted octanol–water partition coefficient (Wildman–Crippen LogP) is 2.80. The van der Waals surface area contributed by atoms with Crippen LogP contribution in [0.2, 0.25) is 0 Å². The van der Waals surface area contributed by atoms with E-state index in [1.165, 1.54) is 0 Å². The molecule has 6 heteroatoms. The number of fused-ring (bicyclic) bond motifs is 1. The van der Waals surface area contributed by atoms with E-state index in [1.54, 1.807) is 0 Å². The van der Waals surface area contributed by atoms with E-state index in [9.17, 15) is 0 Å². The van der Waals surface area contributed by atoms with Gasteiger partial charge in [-0.1, -0.05) is 24.3 Å². The number of aromatic nitrogens is 2. The summed E-state index contributed by atoms with van der Waals surface area (Å²) in [4.78, 5) is 0. The van der Waals surface area contributed by atoms with Crippen LogP contribution in [0, 0.1) is 0 Å². The van der Waals surface area contributed by atoms with Crippen molar-refractivity contribution >= 4 is 0 Å². The minimum Gasteiger partial charge on any atom is -0.454 e. The Balaban J connectivity index is 1.28. The van der Waals surface area contributed by atoms with Gasteiger partial charge >= 0.3 is 0 Å². The van der Waals surface area contributed by atoms with E-state index in [4.69, 9.17) is 13.9 Å². The molecule has 6 nitrogen and oxygen atoms in total. The van der Waals surface area contributed by atoms with E-state index in [0.717, 1.165) is 35.7 Å². The Hall–Kier alpha value is -2.86. The van der Waals surface area contributed by atoms with Crippen LogP contribution in [0.1, 0.15) is 11.5 Å². The van der Waals surface area contributed by atoms with E-state index in [0.29, 0.717) is 25.0 Å². The maximum Gasteiger partial charge on any atom is 0.247 e. The van der Waals surface area contributed by atoms with Crippen LogP contribution in [0.15, 0.2) is 52.9 Å². The van der Waals surface area contributed by atoms with Gasteiger partial charge in [0.2, 0.25) is 18.6 Å². The summed E-state index contributed by atoms with van der Waals surface area (Å²) < 4.78 is 16.4. The van der Waals surface area contributed by atoms with Gasteiger partial charge in [0.1, 0.15) is 0 Å². The highest BCUT2D eigenvalue weighted by atomic mass is 16.7. The molecule has 0 aliphatic carbocycles. The molecule has 0 saturated heterocycles. The third-order valence-corrected chi connectivity index (χ3v) is 3.77. The van der Waals surface area contributed by atoms with Gasteiger partial charge in [-0.15, -0.1) is 10.2 Å². The molecule has 0 radical (unpaired) electrons. The Morgan fingerprint density at radius 1 is 0.958 bits per heavy atom. The summed E-state index contributed by atoms with van der Waals surface area (Å²) in [5.41, 5.74) is 2.08. The molecule has 0 spiro atoms. The average molecular weight is 323 g/mol. The van der Waals surface area contributed by atoms with Crippen molar-refractivity contribution in [1.82, 2.24) is 15.5 Å². The normalized spacial score (nSPS) is 12.5. The van der Waals surface area contributed by atoms with Gasteiger partial charge in [0, 0.05) is 25.1 Å². The topological polar surface area (TPSA) is 69.4 Å². The lowest BCUT2D eigenvalue weighted by molar-refractivity contribution is 0.174. The molecule has 24 heavy (non-hydrogen) atoms. The number of hydrogen-bond donors (Lipinski definition) is 1. The first-order valence-corrected chi connectivity index (χ1v) is 7.85. The standard InChI is InChI=1S/C18H17N3O3/c1-2-4-14(5-3-1)18-21-20-17(24-18)8-9-19-11-13-6-7-15-16(10-13)23-12-22-15/h1-7,10,19H,8-9,11-12H2. The van der Waals surface area contributed by atoms with Crippen LogP contribution in [0.3, 0.4) is 0 Å². The van der Waals surface area contributed by atoms with Crippen LogP contribution in [0.4, 0.5) is 0 Å². The Morgan fingerprint density at radius 3 is 2.75 bits per heavy atom. The van der Waals surface area contributed by atoms with Gasteiger partial charge in [0.25, 0.3) is 0 Å². The average Bonchev–Trinajstić information content (AvgIpc) is 3.28. The first kappa shape index (κ1) is 14.7. The summed E-state index contributed by atoms with van der Waals surface area (Å²) in [7, 11) is 0. The summed E-state index contributed by atoms with van der Waals surface area (Å²) >= 11 is 0. The summed E-state index contributed by atoms with van der Waals surface area (Å²) in [5, 5.41) is 11.5. The number of ether oxygens (including phenoxy) is 2. The Labute approximate surface area is 139 Å². The highest BCUT2D eigenvalue weighted by molar-refractivity contribution is 5.51. The number of nitrogens with zero attached hydrogens (tertiary/aromatic N) is 2. The van der Waals surface area contributed by atoms with Crippen molar-refractivity contribution in [2.24, 2.45) is 0 Å². The van der Waals surface area contributed by atoms with Gasteiger partial charge in [0.05, 0.1) is 0 Å². The van der Waals surface area contributed by atoms with Crippen molar-refractivity contribution in [3.05, 3.63) is 60.0 Å². The summed E-state index contributed by atoms with van der Waals surface area (Å²) in [6.07, 6.45) is 0.685. The van der Waals surface area contributed by atoms with Crippen LogP contribution in [-0.2, 0) is 13.0 Å². The molecule has 0 saturated carbocycles. The molecule has 3 aromatic rings. The molecule has 1 aliphatic heterocycles. The smallest absolute Gasteiger partial charge is 0.247 e.